The molecule has 0 amide bonds. The highest BCUT2D eigenvalue weighted by atomic mass is 32.2. The Balaban J connectivity index is 1.80. The van der Waals surface area contributed by atoms with Gasteiger partial charge in [0, 0.05) is 18.9 Å². The second-order valence-corrected chi connectivity index (χ2v) is 5.59. The summed E-state index contributed by atoms with van der Waals surface area (Å²) in [5.74, 6) is 0.741. The molecule has 2 aliphatic rings. The molecule has 1 unspecified atom stereocenters. The molecule has 100 valence electrons. The standard InChI is InChI=1S/C10H22N4O2S/c1-16-9-4-2-8(3-5-9)14-10(11-12-13-14)17-7-6-15/h8-13,15H,2-7H2,1H3. The molecule has 1 saturated heterocycles. The van der Waals surface area contributed by atoms with Crippen LogP contribution in [-0.2, 0) is 4.74 Å². The van der Waals surface area contributed by atoms with Gasteiger partial charge < -0.3 is 9.84 Å². The SMILES string of the molecule is COC1CCC(N2NNNC2SCCO)CC1. The molecule has 0 aromatic heterocycles. The van der Waals surface area contributed by atoms with Gasteiger partial charge in [-0.25, -0.2) is 5.43 Å². The van der Waals surface area contributed by atoms with E-state index in [4.69, 9.17) is 9.84 Å². The quantitative estimate of drug-likeness (QED) is 0.546. The van der Waals surface area contributed by atoms with Crippen LogP contribution in [-0.4, -0.2) is 47.2 Å². The van der Waals surface area contributed by atoms with E-state index in [2.05, 4.69) is 21.5 Å². The number of ether oxygens (including phenoxy) is 1. The summed E-state index contributed by atoms with van der Waals surface area (Å²) in [6.45, 7) is 0.215. The van der Waals surface area contributed by atoms with Crippen LogP contribution >= 0.6 is 11.8 Å². The molecular formula is C10H22N4O2S. The molecule has 1 aliphatic heterocycles. The zero-order valence-electron chi connectivity index (χ0n) is 10.2. The summed E-state index contributed by atoms with van der Waals surface area (Å²) in [6, 6.07) is 0.528. The van der Waals surface area contributed by atoms with E-state index in [1.807, 2.05) is 0 Å². The number of hydrogen-bond acceptors (Lipinski definition) is 7. The van der Waals surface area contributed by atoms with Crippen LogP contribution in [0.4, 0.5) is 0 Å². The lowest BCUT2D eigenvalue weighted by atomic mass is 9.93. The largest absolute Gasteiger partial charge is 0.396 e. The van der Waals surface area contributed by atoms with Gasteiger partial charge in [-0.1, -0.05) is 0 Å². The number of rotatable bonds is 5. The maximum Gasteiger partial charge on any atom is 0.136 e. The molecule has 2 rings (SSSR count). The molecule has 1 aliphatic carbocycles. The van der Waals surface area contributed by atoms with Crippen molar-refractivity contribution < 1.29 is 9.84 Å². The van der Waals surface area contributed by atoms with Gasteiger partial charge in [0.05, 0.1) is 12.7 Å². The fourth-order valence-electron chi connectivity index (χ4n) is 2.41. The van der Waals surface area contributed by atoms with Gasteiger partial charge in [-0.05, 0) is 25.7 Å². The minimum Gasteiger partial charge on any atom is -0.396 e. The molecule has 6 nitrogen and oxygen atoms in total. The molecule has 0 spiro atoms. The van der Waals surface area contributed by atoms with Crippen molar-refractivity contribution in [1.82, 2.24) is 21.5 Å². The lowest BCUT2D eigenvalue weighted by molar-refractivity contribution is 0.0274. The molecule has 0 aromatic carbocycles. The highest BCUT2D eigenvalue weighted by molar-refractivity contribution is 7.99. The molecule has 1 heterocycles. The number of aliphatic hydroxyl groups excluding tert-OH is 1. The van der Waals surface area contributed by atoms with E-state index in [1.165, 1.54) is 0 Å². The molecule has 17 heavy (non-hydrogen) atoms. The van der Waals surface area contributed by atoms with Crippen molar-refractivity contribution in [2.75, 3.05) is 19.5 Å². The molecule has 2 fully saturated rings. The summed E-state index contributed by atoms with van der Waals surface area (Å²) < 4.78 is 5.39. The number of hydrogen-bond donors (Lipinski definition) is 4. The predicted molar refractivity (Wildman–Crippen MR) is 67.6 cm³/mol. The van der Waals surface area contributed by atoms with E-state index in [-0.39, 0.29) is 12.1 Å². The van der Waals surface area contributed by atoms with Crippen molar-refractivity contribution in [2.24, 2.45) is 0 Å². The maximum absolute atomic E-state index is 8.87. The molecule has 1 atom stereocenters. The first-order valence-corrected chi connectivity index (χ1v) is 7.19. The van der Waals surface area contributed by atoms with Gasteiger partial charge in [-0.3, -0.25) is 0 Å². The van der Waals surface area contributed by atoms with E-state index < -0.39 is 0 Å². The molecule has 0 bridgehead atoms. The van der Waals surface area contributed by atoms with Gasteiger partial charge in [0.1, 0.15) is 5.50 Å². The predicted octanol–water partition coefficient (Wildman–Crippen LogP) is -0.217. The molecule has 0 aromatic rings. The number of methoxy groups -OCH3 is 1. The van der Waals surface area contributed by atoms with Crippen molar-refractivity contribution >= 4 is 11.8 Å². The van der Waals surface area contributed by atoms with Gasteiger partial charge >= 0.3 is 0 Å². The second-order valence-electron chi connectivity index (χ2n) is 4.40. The van der Waals surface area contributed by atoms with E-state index in [0.29, 0.717) is 12.1 Å². The Morgan fingerprint density at radius 2 is 2.12 bits per heavy atom. The van der Waals surface area contributed by atoms with E-state index in [1.54, 1.807) is 18.9 Å². The van der Waals surface area contributed by atoms with Gasteiger partial charge in [-0.15, -0.1) is 11.8 Å². The minimum atomic E-state index is 0.186. The van der Waals surface area contributed by atoms with Crippen LogP contribution in [0.15, 0.2) is 0 Å². The lowest BCUT2D eigenvalue weighted by Crippen LogP contribution is -2.48. The average Bonchev–Trinajstić information content (AvgIpc) is 2.84. The average molecular weight is 262 g/mol. The van der Waals surface area contributed by atoms with Crippen LogP contribution in [0.1, 0.15) is 25.7 Å². The normalized spacial score (nSPS) is 35.3. The fraction of sp³-hybridized carbons (Fsp3) is 1.00. The van der Waals surface area contributed by atoms with Crippen molar-refractivity contribution in [3.8, 4) is 0 Å². The second kappa shape index (κ2) is 6.89. The zero-order chi connectivity index (χ0) is 12.1. The summed E-state index contributed by atoms with van der Waals surface area (Å²) >= 11 is 1.70. The molecule has 7 heteroatoms. The van der Waals surface area contributed by atoms with Crippen LogP contribution in [0, 0.1) is 0 Å². The van der Waals surface area contributed by atoms with Crippen molar-refractivity contribution in [3.63, 3.8) is 0 Å². The van der Waals surface area contributed by atoms with E-state index >= 15 is 0 Å². The van der Waals surface area contributed by atoms with Crippen molar-refractivity contribution in [2.45, 2.75) is 43.3 Å². The summed E-state index contributed by atoms with van der Waals surface area (Å²) in [4.78, 5) is 0. The topological polar surface area (TPSA) is 68.8 Å². The van der Waals surface area contributed by atoms with Crippen LogP contribution < -0.4 is 16.5 Å². The number of thioether (sulfide) groups is 1. The Labute approximate surface area is 106 Å². The Kier molecular flexibility index (Phi) is 5.49. The monoisotopic (exact) mass is 262 g/mol. The first-order chi connectivity index (χ1) is 8.35. The zero-order valence-corrected chi connectivity index (χ0v) is 11.0. The van der Waals surface area contributed by atoms with Gasteiger partial charge in [0.2, 0.25) is 0 Å². The third-order valence-electron chi connectivity index (χ3n) is 3.37. The van der Waals surface area contributed by atoms with E-state index in [0.717, 1.165) is 31.4 Å². The number of nitrogens with one attached hydrogen (secondary N) is 3. The number of aliphatic hydroxyl groups is 1. The van der Waals surface area contributed by atoms with Crippen molar-refractivity contribution in [3.05, 3.63) is 0 Å². The maximum atomic E-state index is 8.87. The first kappa shape index (κ1) is 13.5. The fourth-order valence-corrected chi connectivity index (χ4v) is 3.27. The summed E-state index contributed by atoms with van der Waals surface area (Å²) in [5.41, 5.74) is 9.43. The third-order valence-corrected chi connectivity index (χ3v) is 4.45. The lowest BCUT2D eigenvalue weighted by Gasteiger charge is -2.35. The Morgan fingerprint density at radius 3 is 2.76 bits per heavy atom. The third kappa shape index (κ3) is 3.54. The highest BCUT2D eigenvalue weighted by Crippen LogP contribution is 2.27. The smallest absolute Gasteiger partial charge is 0.136 e. The number of hydrazine groups is 3. The summed E-state index contributed by atoms with van der Waals surface area (Å²) in [7, 11) is 1.79. The Hall–Kier alpha value is 0.110. The van der Waals surface area contributed by atoms with Gasteiger partial charge in [-0.2, -0.15) is 16.1 Å². The van der Waals surface area contributed by atoms with Crippen LogP contribution in [0.3, 0.4) is 0 Å². The van der Waals surface area contributed by atoms with Gasteiger partial charge in [0.25, 0.3) is 0 Å². The van der Waals surface area contributed by atoms with Crippen LogP contribution in [0.5, 0.6) is 0 Å². The number of nitrogens with zero attached hydrogens (tertiary/aromatic N) is 1. The summed E-state index contributed by atoms with van der Waals surface area (Å²) in [6.07, 6.45) is 4.96. The van der Waals surface area contributed by atoms with E-state index in [9.17, 15) is 0 Å². The molecule has 4 N–H and O–H groups in total. The minimum absolute atomic E-state index is 0.186. The molecule has 1 saturated carbocycles. The summed E-state index contributed by atoms with van der Waals surface area (Å²) in [5, 5.41) is 11.1. The molecular weight excluding hydrogens is 240 g/mol. The Bertz CT molecular complexity index is 226. The molecule has 0 radical (unpaired) electrons. The van der Waals surface area contributed by atoms with Crippen LogP contribution in [0.25, 0.3) is 0 Å². The van der Waals surface area contributed by atoms with Gasteiger partial charge in [0.15, 0.2) is 0 Å². The highest BCUT2D eigenvalue weighted by Gasteiger charge is 2.33. The van der Waals surface area contributed by atoms with Crippen molar-refractivity contribution in [1.29, 1.82) is 0 Å². The first-order valence-electron chi connectivity index (χ1n) is 6.15. The van der Waals surface area contributed by atoms with Crippen LogP contribution in [0.2, 0.25) is 0 Å². The Morgan fingerprint density at radius 1 is 1.35 bits per heavy atom.